The Balaban J connectivity index is 1.42. The Morgan fingerprint density at radius 3 is 2.69 bits per heavy atom. The van der Waals surface area contributed by atoms with Crippen LogP contribution in [0.4, 0.5) is 0 Å². The Morgan fingerprint density at radius 2 is 1.88 bits per heavy atom. The van der Waals surface area contributed by atoms with Gasteiger partial charge in [-0.1, -0.05) is 42.0 Å². The molecule has 3 aromatic rings. The molecule has 1 aromatic heterocycles. The van der Waals surface area contributed by atoms with Gasteiger partial charge in [-0.15, -0.1) is 11.3 Å². The molecular weight excluding hydrogens is 346 g/mol. The molecule has 0 saturated heterocycles. The molecule has 4 rings (SSSR count). The topological polar surface area (TPSA) is 47.6 Å². The van der Waals surface area contributed by atoms with Crippen LogP contribution in [0, 0.1) is 6.92 Å². The van der Waals surface area contributed by atoms with Crippen molar-refractivity contribution in [3.8, 4) is 22.6 Å². The van der Waals surface area contributed by atoms with Gasteiger partial charge in [0.1, 0.15) is 12.7 Å². The third-order valence-corrected chi connectivity index (χ3v) is 5.21. The van der Waals surface area contributed by atoms with Crippen LogP contribution in [0.1, 0.15) is 15.2 Å². The fraction of sp³-hybridized carbons (Fsp3) is 0.190. The first-order valence-corrected chi connectivity index (χ1v) is 9.40. The summed E-state index contributed by atoms with van der Waals surface area (Å²) in [6.07, 6.45) is -0.198. The molecule has 0 aliphatic carbocycles. The highest BCUT2D eigenvalue weighted by Crippen LogP contribution is 2.31. The lowest BCUT2D eigenvalue weighted by Crippen LogP contribution is -2.40. The maximum absolute atomic E-state index is 12.7. The molecule has 4 nitrogen and oxygen atoms in total. The fourth-order valence-corrected chi connectivity index (χ4v) is 3.73. The molecule has 5 heteroatoms. The number of carbonyl (C=O) groups is 1. The molecule has 1 aliphatic rings. The normalized spacial score (nSPS) is 15.5. The minimum absolute atomic E-state index is 0.0852. The highest BCUT2D eigenvalue weighted by molar-refractivity contribution is 7.12. The maximum atomic E-state index is 12.7. The molecule has 0 saturated carbocycles. The van der Waals surface area contributed by atoms with E-state index in [4.69, 9.17) is 9.47 Å². The van der Waals surface area contributed by atoms with Gasteiger partial charge in [-0.3, -0.25) is 4.79 Å². The molecule has 132 valence electrons. The Labute approximate surface area is 156 Å². The molecule has 1 amide bonds. The van der Waals surface area contributed by atoms with E-state index in [0.717, 1.165) is 22.6 Å². The summed E-state index contributed by atoms with van der Waals surface area (Å²) in [4.78, 5) is 13.4. The third-order valence-electron chi connectivity index (χ3n) is 4.29. The van der Waals surface area contributed by atoms with Crippen molar-refractivity contribution in [3.05, 3.63) is 70.4 Å². The molecular formula is C21H19NO3S. The van der Waals surface area contributed by atoms with E-state index in [9.17, 15) is 4.79 Å². The van der Waals surface area contributed by atoms with Gasteiger partial charge in [-0.2, -0.15) is 0 Å². The van der Waals surface area contributed by atoms with Gasteiger partial charge in [0.2, 0.25) is 0 Å². The molecule has 1 aliphatic heterocycles. The molecule has 1 N–H and O–H groups in total. The SMILES string of the molecule is Cc1ccc(-c2ccsc2C(=O)NCC2COc3ccccc3O2)cc1. The predicted molar refractivity (Wildman–Crippen MR) is 103 cm³/mol. The van der Waals surface area contributed by atoms with E-state index < -0.39 is 0 Å². The first-order valence-electron chi connectivity index (χ1n) is 8.52. The zero-order valence-electron chi connectivity index (χ0n) is 14.4. The lowest BCUT2D eigenvalue weighted by molar-refractivity contribution is 0.0792. The van der Waals surface area contributed by atoms with Crippen LogP contribution in [-0.4, -0.2) is 25.2 Å². The lowest BCUT2D eigenvalue weighted by atomic mass is 10.0. The van der Waals surface area contributed by atoms with Gasteiger partial charge in [0.25, 0.3) is 5.91 Å². The second-order valence-electron chi connectivity index (χ2n) is 6.24. The molecule has 1 unspecified atom stereocenters. The maximum Gasteiger partial charge on any atom is 0.262 e. The number of benzene rings is 2. The molecule has 2 heterocycles. The van der Waals surface area contributed by atoms with Gasteiger partial charge in [-0.05, 0) is 36.1 Å². The first kappa shape index (κ1) is 16.7. The smallest absolute Gasteiger partial charge is 0.262 e. The van der Waals surface area contributed by atoms with Crippen molar-refractivity contribution in [1.82, 2.24) is 5.32 Å². The quantitative estimate of drug-likeness (QED) is 0.750. The van der Waals surface area contributed by atoms with E-state index >= 15 is 0 Å². The van der Waals surface area contributed by atoms with Crippen LogP contribution in [0.25, 0.3) is 11.1 Å². The van der Waals surface area contributed by atoms with Crippen molar-refractivity contribution < 1.29 is 14.3 Å². The van der Waals surface area contributed by atoms with Gasteiger partial charge in [0, 0.05) is 5.56 Å². The highest BCUT2D eigenvalue weighted by Gasteiger charge is 2.22. The van der Waals surface area contributed by atoms with Gasteiger partial charge in [0.15, 0.2) is 11.5 Å². The molecule has 0 radical (unpaired) electrons. The summed E-state index contributed by atoms with van der Waals surface area (Å²) in [6.45, 7) is 2.88. The van der Waals surface area contributed by atoms with Crippen molar-refractivity contribution in [1.29, 1.82) is 0 Å². The Kier molecular flexibility index (Phi) is 4.63. The summed E-state index contributed by atoms with van der Waals surface area (Å²) in [7, 11) is 0. The molecule has 0 bridgehead atoms. The zero-order valence-corrected chi connectivity index (χ0v) is 15.2. The average molecular weight is 365 g/mol. The highest BCUT2D eigenvalue weighted by atomic mass is 32.1. The fourth-order valence-electron chi connectivity index (χ4n) is 2.90. The van der Waals surface area contributed by atoms with Crippen LogP contribution in [0.5, 0.6) is 11.5 Å². The Bertz CT molecular complexity index is 917. The average Bonchev–Trinajstić information content (AvgIpc) is 3.16. The van der Waals surface area contributed by atoms with E-state index in [2.05, 4.69) is 24.4 Å². The number of para-hydroxylation sites is 2. The minimum Gasteiger partial charge on any atom is -0.486 e. The third kappa shape index (κ3) is 3.44. The van der Waals surface area contributed by atoms with Gasteiger partial charge in [-0.25, -0.2) is 0 Å². The lowest BCUT2D eigenvalue weighted by Gasteiger charge is -2.26. The summed E-state index contributed by atoms with van der Waals surface area (Å²) >= 11 is 1.45. The van der Waals surface area contributed by atoms with Crippen molar-refractivity contribution in [2.75, 3.05) is 13.2 Å². The zero-order chi connectivity index (χ0) is 17.9. The number of fused-ring (bicyclic) bond motifs is 1. The van der Waals surface area contributed by atoms with E-state index in [1.807, 2.05) is 47.8 Å². The van der Waals surface area contributed by atoms with Crippen molar-refractivity contribution in [2.45, 2.75) is 13.0 Å². The number of hydrogen-bond donors (Lipinski definition) is 1. The molecule has 0 spiro atoms. The molecule has 26 heavy (non-hydrogen) atoms. The van der Waals surface area contributed by atoms with Crippen LogP contribution in [0.15, 0.2) is 60.0 Å². The summed E-state index contributed by atoms with van der Waals surface area (Å²) in [5.74, 6) is 1.38. The van der Waals surface area contributed by atoms with Crippen LogP contribution in [-0.2, 0) is 0 Å². The number of amides is 1. The van der Waals surface area contributed by atoms with E-state index in [1.54, 1.807) is 0 Å². The Morgan fingerprint density at radius 1 is 1.12 bits per heavy atom. The van der Waals surface area contributed by atoms with Gasteiger partial charge in [0.05, 0.1) is 11.4 Å². The number of rotatable bonds is 4. The summed E-state index contributed by atoms with van der Waals surface area (Å²) in [5, 5.41) is 4.92. The Hall–Kier alpha value is -2.79. The van der Waals surface area contributed by atoms with Crippen molar-refractivity contribution in [3.63, 3.8) is 0 Å². The predicted octanol–water partition coefficient (Wildman–Crippen LogP) is 4.29. The molecule has 0 fully saturated rings. The van der Waals surface area contributed by atoms with Crippen LogP contribution >= 0.6 is 11.3 Å². The van der Waals surface area contributed by atoms with Crippen LogP contribution in [0.2, 0.25) is 0 Å². The van der Waals surface area contributed by atoms with Gasteiger partial charge >= 0.3 is 0 Å². The number of carbonyl (C=O) groups excluding carboxylic acids is 1. The monoisotopic (exact) mass is 365 g/mol. The number of thiophene rings is 1. The second-order valence-corrected chi connectivity index (χ2v) is 7.15. The number of hydrogen-bond acceptors (Lipinski definition) is 4. The number of nitrogens with one attached hydrogen (secondary N) is 1. The summed E-state index contributed by atoms with van der Waals surface area (Å²) < 4.78 is 11.6. The van der Waals surface area contributed by atoms with E-state index in [-0.39, 0.29) is 12.0 Å². The number of ether oxygens (including phenoxy) is 2. The largest absolute Gasteiger partial charge is 0.486 e. The molecule has 2 aromatic carbocycles. The standard InChI is InChI=1S/C21H19NO3S/c1-14-6-8-15(9-7-14)17-10-11-26-20(17)21(23)22-12-16-13-24-18-4-2-3-5-19(18)25-16/h2-11,16H,12-13H2,1H3,(H,22,23). The van der Waals surface area contributed by atoms with Crippen molar-refractivity contribution in [2.24, 2.45) is 0 Å². The van der Waals surface area contributed by atoms with E-state index in [0.29, 0.717) is 18.0 Å². The summed E-state index contributed by atoms with van der Waals surface area (Å²) in [5.41, 5.74) is 3.21. The van der Waals surface area contributed by atoms with Crippen molar-refractivity contribution >= 4 is 17.2 Å². The molecule has 1 atom stereocenters. The second kappa shape index (κ2) is 7.22. The summed E-state index contributed by atoms with van der Waals surface area (Å²) in [6, 6.07) is 17.8. The minimum atomic E-state index is -0.198. The number of aryl methyl sites for hydroxylation is 1. The van der Waals surface area contributed by atoms with Crippen LogP contribution < -0.4 is 14.8 Å². The first-order chi connectivity index (χ1) is 12.7. The van der Waals surface area contributed by atoms with Crippen LogP contribution in [0.3, 0.4) is 0 Å². The van der Waals surface area contributed by atoms with E-state index in [1.165, 1.54) is 16.9 Å². The van der Waals surface area contributed by atoms with Gasteiger partial charge < -0.3 is 14.8 Å².